The summed E-state index contributed by atoms with van der Waals surface area (Å²) >= 11 is 0. The monoisotopic (exact) mass is 139 g/mol. The SMILES string of the molecule is C[C@]1(C(N)=O)CC=CCC1. The Morgan fingerprint density at radius 3 is 2.60 bits per heavy atom. The topological polar surface area (TPSA) is 43.1 Å². The van der Waals surface area contributed by atoms with Gasteiger partial charge in [-0.05, 0) is 19.3 Å². The van der Waals surface area contributed by atoms with Crippen LogP contribution in [0.5, 0.6) is 0 Å². The van der Waals surface area contributed by atoms with Gasteiger partial charge in [0.1, 0.15) is 0 Å². The third-order valence-electron chi connectivity index (χ3n) is 2.19. The first-order chi connectivity index (χ1) is 4.65. The molecule has 1 aliphatic rings. The van der Waals surface area contributed by atoms with E-state index in [0.717, 1.165) is 19.3 Å². The number of hydrogen-bond donors (Lipinski definition) is 1. The van der Waals surface area contributed by atoms with Crippen molar-refractivity contribution in [3.05, 3.63) is 12.2 Å². The third kappa shape index (κ3) is 1.20. The number of carbonyl (C=O) groups excluding carboxylic acids is 1. The maximum Gasteiger partial charge on any atom is 0.223 e. The lowest BCUT2D eigenvalue weighted by atomic mass is 9.78. The highest BCUT2D eigenvalue weighted by Gasteiger charge is 2.30. The first-order valence-corrected chi connectivity index (χ1v) is 3.60. The standard InChI is InChI=1S/C8H13NO/c1-8(7(9)10)5-3-2-4-6-8/h2-3H,4-6H2,1H3,(H2,9,10)/t8-/m0/s1. The van der Waals surface area contributed by atoms with Crippen LogP contribution < -0.4 is 5.73 Å². The van der Waals surface area contributed by atoms with Crippen molar-refractivity contribution >= 4 is 5.91 Å². The molecule has 1 rings (SSSR count). The Bertz CT molecular complexity index is 174. The van der Waals surface area contributed by atoms with E-state index >= 15 is 0 Å². The Morgan fingerprint density at radius 2 is 2.30 bits per heavy atom. The van der Waals surface area contributed by atoms with Gasteiger partial charge in [-0.2, -0.15) is 0 Å². The van der Waals surface area contributed by atoms with Crippen LogP contribution in [-0.4, -0.2) is 5.91 Å². The summed E-state index contributed by atoms with van der Waals surface area (Å²) < 4.78 is 0. The van der Waals surface area contributed by atoms with Gasteiger partial charge < -0.3 is 5.73 Å². The molecule has 0 saturated heterocycles. The van der Waals surface area contributed by atoms with E-state index in [0.29, 0.717) is 0 Å². The molecule has 56 valence electrons. The first kappa shape index (κ1) is 7.32. The lowest BCUT2D eigenvalue weighted by Crippen LogP contribution is -2.34. The molecular formula is C8H13NO. The molecule has 1 atom stereocenters. The molecular weight excluding hydrogens is 126 g/mol. The molecule has 0 aromatic rings. The molecule has 0 saturated carbocycles. The lowest BCUT2D eigenvalue weighted by molar-refractivity contribution is -0.127. The molecule has 0 fully saturated rings. The van der Waals surface area contributed by atoms with Crippen molar-refractivity contribution < 1.29 is 4.79 Å². The Morgan fingerprint density at radius 1 is 1.60 bits per heavy atom. The van der Waals surface area contributed by atoms with E-state index in [4.69, 9.17) is 5.73 Å². The van der Waals surface area contributed by atoms with Gasteiger partial charge in [0.15, 0.2) is 0 Å². The molecule has 1 amide bonds. The van der Waals surface area contributed by atoms with Gasteiger partial charge in [-0.1, -0.05) is 19.1 Å². The lowest BCUT2D eigenvalue weighted by Gasteiger charge is -2.26. The Balaban J connectivity index is 2.68. The van der Waals surface area contributed by atoms with Gasteiger partial charge in [0.25, 0.3) is 0 Å². The molecule has 0 aromatic heterocycles. The van der Waals surface area contributed by atoms with Crippen molar-refractivity contribution in [2.24, 2.45) is 11.1 Å². The zero-order valence-electron chi connectivity index (χ0n) is 6.26. The van der Waals surface area contributed by atoms with E-state index in [-0.39, 0.29) is 11.3 Å². The predicted molar refractivity (Wildman–Crippen MR) is 40.3 cm³/mol. The highest BCUT2D eigenvalue weighted by molar-refractivity contribution is 5.80. The van der Waals surface area contributed by atoms with Crippen molar-refractivity contribution in [2.45, 2.75) is 26.2 Å². The van der Waals surface area contributed by atoms with Crippen LogP contribution in [0.2, 0.25) is 0 Å². The molecule has 2 heteroatoms. The Hall–Kier alpha value is -0.790. The number of nitrogens with two attached hydrogens (primary N) is 1. The minimum Gasteiger partial charge on any atom is -0.369 e. The quantitative estimate of drug-likeness (QED) is 0.545. The second-order valence-corrected chi connectivity index (χ2v) is 3.14. The van der Waals surface area contributed by atoms with Crippen LogP contribution in [0.1, 0.15) is 26.2 Å². The summed E-state index contributed by atoms with van der Waals surface area (Å²) in [6, 6.07) is 0. The first-order valence-electron chi connectivity index (χ1n) is 3.60. The van der Waals surface area contributed by atoms with Crippen molar-refractivity contribution in [3.63, 3.8) is 0 Å². The molecule has 0 bridgehead atoms. The second kappa shape index (κ2) is 2.45. The molecule has 2 N–H and O–H groups in total. The molecule has 2 nitrogen and oxygen atoms in total. The van der Waals surface area contributed by atoms with Crippen LogP contribution in [0.25, 0.3) is 0 Å². The van der Waals surface area contributed by atoms with Crippen LogP contribution in [0.3, 0.4) is 0 Å². The van der Waals surface area contributed by atoms with Gasteiger partial charge in [0.05, 0.1) is 0 Å². The van der Waals surface area contributed by atoms with Gasteiger partial charge in [-0.3, -0.25) is 4.79 Å². The highest BCUT2D eigenvalue weighted by atomic mass is 16.1. The van der Waals surface area contributed by atoms with Gasteiger partial charge >= 0.3 is 0 Å². The van der Waals surface area contributed by atoms with E-state index in [1.807, 2.05) is 13.0 Å². The number of allylic oxidation sites excluding steroid dienone is 2. The van der Waals surface area contributed by atoms with Crippen LogP contribution in [0, 0.1) is 5.41 Å². The summed E-state index contributed by atoms with van der Waals surface area (Å²) in [5.74, 6) is -0.170. The molecule has 10 heavy (non-hydrogen) atoms. The smallest absolute Gasteiger partial charge is 0.223 e. The van der Waals surface area contributed by atoms with E-state index in [1.54, 1.807) is 0 Å². The molecule has 0 unspecified atom stereocenters. The van der Waals surface area contributed by atoms with Crippen molar-refractivity contribution in [1.82, 2.24) is 0 Å². The van der Waals surface area contributed by atoms with Gasteiger partial charge in [-0.15, -0.1) is 0 Å². The van der Waals surface area contributed by atoms with E-state index < -0.39 is 0 Å². The highest BCUT2D eigenvalue weighted by Crippen LogP contribution is 2.31. The van der Waals surface area contributed by atoms with E-state index in [1.165, 1.54) is 0 Å². The fourth-order valence-electron chi connectivity index (χ4n) is 1.19. The van der Waals surface area contributed by atoms with Crippen LogP contribution in [0.15, 0.2) is 12.2 Å². The summed E-state index contributed by atoms with van der Waals surface area (Å²) in [7, 11) is 0. The van der Waals surface area contributed by atoms with E-state index in [2.05, 4.69) is 6.08 Å². The number of carbonyl (C=O) groups is 1. The fraction of sp³-hybridized carbons (Fsp3) is 0.625. The molecule has 0 radical (unpaired) electrons. The number of amides is 1. The minimum absolute atomic E-state index is 0.170. The molecule has 0 spiro atoms. The zero-order valence-corrected chi connectivity index (χ0v) is 6.26. The van der Waals surface area contributed by atoms with Crippen LogP contribution in [-0.2, 0) is 4.79 Å². The number of primary amides is 1. The molecule has 1 aliphatic carbocycles. The average Bonchev–Trinajstić information content (AvgIpc) is 1.89. The maximum absolute atomic E-state index is 10.9. The molecule has 0 aliphatic heterocycles. The summed E-state index contributed by atoms with van der Waals surface area (Å²) in [4.78, 5) is 10.9. The average molecular weight is 139 g/mol. The van der Waals surface area contributed by atoms with Gasteiger partial charge in [0.2, 0.25) is 5.91 Å². The molecule has 0 aromatic carbocycles. The van der Waals surface area contributed by atoms with Crippen LogP contribution >= 0.6 is 0 Å². The third-order valence-corrected chi connectivity index (χ3v) is 2.19. The van der Waals surface area contributed by atoms with Crippen molar-refractivity contribution in [2.75, 3.05) is 0 Å². The zero-order chi connectivity index (χ0) is 7.61. The maximum atomic E-state index is 10.9. The Labute approximate surface area is 61.1 Å². The predicted octanol–water partition coefficient (Wildman–Crippen LogP) is 1.22. The minimum atomic E-state index is -0.269. The summed E-state index contributed by atoms with van der Waals surface area (Å²) in [6.07, 6.45) is 6.83. The largest absolute Gasteiger partial charge is 0.369 e. The molecule has 0 heterocycles. The second-order valence-electron chi connectivity index (χ2n) is 3.14. The summed E-state index contributed by atoms with van der Waals surface area (Å²) in [6.45, 7) is 1.93. The van der Waals surface area contributed by atoms with Crippen molar-refractivity contribution in [1.29, 1.82) is 0 Å². The normalized spacial score (nSPS) is 32.1. The van der Waals surface area contributed by atoms with Crippen LogP contribution in [0.4, 0.5) is 0 Å². The summed E-state index contributed by atoms with van der Waals surface area (Å²) in [5.41, 5.74) is 4.96. The van der Waals surface area contributed by atoms with Gasteiger partial charge in [0, 0.05) is 5.41 Å². The fourth-order valence-corrected chi connectivity index (χ4v) is 1.19. The number of hydrogen-bond acceptors (Lipinski definition) is 1. The van der Waals surface area contributed by atoms with Gasteiger partial charge in [-0.25, -0.2) is 0 Å². The number of rotatable bonds is 1. The van der Waals surface area contributed by atoms with E-state index in [9.17, 15) is 4.79 Å². The van der Waals surface area contributed by atoms with Crippen molar-refractivity contribution in [3.8, 4) is 0 Å². The Kier molecular flexibility index (Phi) is 1.79. The summed E-state index contributed by atoms with van der Waals surface area (Å²) in [5, 5.41) is 0.